The Kier molecular flexibility index (Phi) is 14.1. The Morgan fingerprint density at radius 1 is 0.885 bits per heavy atom. The quantitative estimate of drug-likeness (QED) is 0.217. The van der Waals surface area contributed by atoms with Gasteiger partial charge in [0.15, 0.2) is 0 Å². The SMILES string of the molecule is CCCCCCCCCCCCCC(=O)N/N=C\C=C\c1ccccc1. The van der Waals surface area contributed by atoms with Gasteiger partial charge in [-0.2, -0.15) is 5.10 Å². The van der Waals surface area contributed by atoms with Gasteiger partial charge in [0.2, 0.25) is 5.91 Å². The normalized spacial score (nSPS) is 11.4. The smallest absolute Gasteiger partial charge is 0.240 e. The molecule has 144 valence electrons. The van der Waals surface area contributed by atoms with Gasteiger partial charge < -0.3 is 0 Å². The van der Waals surface area contributed by atoms with Gasteiger partial charge in [0.1, 0.15) is 0 Å². The highest BCUT2D eigenvalue weighted by Gasteiger charge is 1.99. The summed E-state index contributed by atoms with van der Waals surface area (Å²) in [6, 6.07) is 10.0. The second-order valence-corrected chi connectivity index (χ2v) is 6.87. The van der Waals surface area contributed by atoms with E-state index in [0.29, 0.717) is 6.42 Å². The minimum atomic E-state index is 0.00489. The van der Waals surface area contributed by atoms with Crippen LogP contribution in [0.2, 0.25) is 0 Å². The predicted molar refractivity (Wildman–Crippen MR) is 113 cm³/mol. The standard InChI is InChI=1S/C23H36N2O/c1-2-3-4-5-6-7-8-9-10-11-15-20-23(26)25-24-21-16-19-22-17-13-12-14-18-22/h12-14,16-19,21H,2-11,15,20H2,1H3,(H,25,26)/b19-16+,24-21-. The third-order valence-corrected chi connectivity index (χ3v) is 4.45. The summed E-state index contributed by atoms with van der Waals surface area (Å²) in [5.74, 6) is 0.00489. The number of unbranched alkanes of at least 4 members (excludes halogenated alkanes) is 10. The molecular weight excluding hydrogens is 320 g/mol. The van der Waals surface area contributed by atoms with E-state index in [1.54, 1.807) is 6.21 Å². The lowest BCUT2D eigenvalue weighted by molar-refractivity contribution is -0.121. The molecule has 0 saturated carbocycles. The van der Waals surface area contributed by atoms with E-state index in [1.807, 2.05) is 42.5 Å². The number of carbonyl (C=O) groups is 1. The van der Waals surface area contributed by atoms with E-state index < -0.39 is 0 Å². The van der Waals surface area contributed by atoms with Crippen molar-refractivity contribution in [2.45, 2.75) is 84.0 Å². The highest BCUT2D eigenvalue weighted by molar-refractivity contribution is 5.81. The highest BCUT2D eigenvalue weighted by atomic mass is 16.2. The molecule has 3 heteroatoms. The molecule has 0 radical (unpaired) electrons. The molecule has 3 nitrogen and oxygen atoms in total. The Labute approximate surface area is 160 Å². The summed E-state index contributed by atoms with van der Waals surface area (Å²) in [5, 5.41) is 3.94. The van der Waals surface area contributed by atoms with E-state index in [-0.39, 0.29) is 5.91 Å². The van der Waals surface area contributed by atoms with Gasteiger partial charge in [-0.05, 0) is 18.1 Å². The average molecular weight is 357 g/mol. The molecule has 0 spiro atoms. The van der Waals surface area contributed by atoms with Crippen molar-refractivity contribution in [3.05, 3.63) is 42.0 Å². The molecule has 0 atom stereocenters. The van der Waals surface area contributed by atoms with Crippen molar-refractivity contribution in [2.75, 3.05) is 0 Å². The molecule has 1 aromatic rings. The number of benzene rings is 1. The molecule has 0 bridgehead atoms. The first-order valence-electron chi connectivity index (χ1n) is 10.4. The summed E-state index contributed by atoms with van der Waals surface area (Å²) in [5.41, 5.74) is 3.70. The lowest BCUT2D eigenvalue weighted by Gasteiger charge is -2.02. The summed E-state index contributed by atoms with van der Waals surface area (Å²) in [7, 11) is 0. The van der Waals surface area contributed by atoms with E-state index in [0.717, 1.165) is 18.4 Å². The van der Waals surface area contributed by atoms with Crippen LogP contribution in [-0.4, -0.2) is 12.1 Å². The Bertz CT molecular complexity index is 508. The van der Waals surface area contributed by atoms with Gasteiger partial charge >= 0.3 is 0 Å². The van der Waals surface area contributed by atoms with Gasteiger partial charge in [-0.1, -0.05) is 108 Å². The number of rotatable bonds is 15. The summed E-state index contributed by atoms with van der Waals surface area (Å²) < 4.78 is 0. The number of amides is 1. The van der Waals surface area contributed by atoms with Crippen LogP contribution in [0.5, 0.6) is 0 Å². The number of hydrazone groups is 1. The molecule has 1 amide bonds. The number of nitrogens with one attached hydrogen (secondary N) is 1. The summed E-state index contributed by atoms with van der Waals surface area (Å²) in [6.45, 7) is 2.26. The molecule has 0 aliphatic rings. The third kappa shape index (κ3) is 13.4. The monoisotopic (exact) mass is 356 g/mol. The molecule has 0 aromatic heterocycles. The Morgan fingerprint density at radius 2 is 1.46 bits per heavy atom. The molecule has 0 aliphatic heterocycles. The molecule has 26 heavy (non-hydrogen) atoms. The van der Waals surface area contributed by atoms with Crippen molar-refractivity contribution in [3.63, 3.8) is 0 Å². The molecule has 0 saturated heterocycles. The number of hydrogen-bond donors (Lipinski definition) is 1. The fourth-order valence-corrected chi connectivity index (χ4v) is 2.88. The van der Waals surface area contributed by atoms with Crippen molar-refractivity contribution in [3.8, 4) is 0 Å². The van der Waals surface area contributed by atoms with E-state index >= 15 is 0 Å². The van der Waals surface area contributed by atoms with Crippen LogP contribution in [0.15, 0.2) is 41.5 Å². The zero-order valence-corrected chi connectivity index (χ0v) is 16.5. The van der Waals surface area contributed by atoms with Gasteiger partial charge in [-0.3, -0.25) is 4.79 Å². The fraction of sp³-hybridized carbons (Fsp3) is 0.565. The lowest BCUT2D eigenvalue weighted by atomic mass is 10.1. The Hall–Kier alpha value is -1.90. The third-order valence-electron chi connectivity index (χ3n) is 4.45. The van der Waals surface area contributed by atoms with Crippen LogP contribution in [0.1, 0.15) is 89.5 Å². The first-order chi connectivity index (χ1) is 12.8. The molecule has 0 aliphatic carbocycles. The van der Waals surface area contributed by atoms with Crippen molar-refractivity contribution < 1.29 is 4.79 Å². The van der Waals surface area contributed by atoms with Crippen LogP contribution in [0, 0.1) is 0 Å². The second kappa shape index (κ2) is 16.6. The van der Waals surface area contributed by atoms with Crippen molar-refractivity contribution in [2.24, 2.45) is 5.10 Å². The summed E-state index contributed by atoms with van der Waals surface area (Å²) >= 11 is 0. The van der Waals surface area contributed by atoms with Crippen LogP contribution in [0.25, 0.3) is 6.08 Å². The highest BCUT2D eigenvalue weighted by Crippen LogP contribution is 2.11. The van der Waals surface area contributed by atoms with Crippen LogP contribution < -0.4 is 5.43 Å². The van der Waals surface area contributed by atoms with E-state index in [1.165, 1.54) is 57.8 Å². The molecule has 1 aromatic carbocycles. The number of carbonyl (C=O) groups excluding carboxylic acids is 1. The van der Waals surface area contributed by atoms with Crippen molar-refractivity contribution in [1.29, 1.82) is 0 Å². The number of allylic oxidation sites excluding steroid dienone is 1. The van der Waals surface area contributed by atoms with Gasteiger partial charge in [0.25, 0.3) is 0 Å². The molecule has 0 heterocycles. The van der Waals surface area contributed by atoms with E-state index in [4.69, 9.17) is 0 Å². The molecular formula is C23H36N2O. The van der Waals surface area contributed by atoms with Gasteiger partial charge in [0, 0.05) is 12.6 Å². The average Bonchev–Trinajstić information content (AvgIpc) is 2.66. The molecule has 0 unspecified atom stereocenters. The summed E-state index contributed by atoms with van der Waals surface area (Å²) in [4.78, 5) is 11.7. The second-order valence-electron chi connectivity index (χ2n) is 6.87. The minimum absolute atomic E-state index is 0.00489. The number of hydrogen-bond acceptors (Lipinski definition) is 2. The summed E-state index contributed by atoms with van der Waals surface area (Å²) in [6.07, 6.45) is 20.2. The maximum atomic E-state index is 11.7. The fourth-order valence-electron chi connectivity index (χ4n) is 2.88. The first kappa shape index (κ1) is 22.1. The van der Waals surface area contributed by atoms with Crippen LogP contribution in [0.3, 0.4) is 0 Å². The van der Waals surface area contributed by atoms with Crippen LogP contribution in [-0.2, 0) is 4.79 Å². The van der Waals surface area contributed by atoms with Crippen molar-refractivity contribution >= 4 is 18.2 Å². The maximum absolute atomic E-state index is 11.7. The van der Waals surface area contributed by atoms with Gasteiger partial charge in [0.05, 0.1) is 0 Å². The molecule has 1 rings (SSSR count). The zero-order chi connectivity index (χ0) is 18.7. The first-order valence-corrected chi connectivity index (χ1v) is 10.4. The number of nitrogens with zero attached hydrogens (tertiary/aromatic N) is 1. The predicted octanol–water partition coefficient (Wildman–Crippen LogP) is 6.50. The van der Waals surface area contributed by atoms with E-state index in [9.17, 15) is 4.79 Å². The zero-order valence-electron chi connectivity index (χ0n) is 16.5. The molecule has 1 N–H and O–H groups in total. The van der Waals surface area contributed by atoms with E-state index in [2.05, 4.69) is 17.5 Å². The van der Waals surface area contributed by atoms with Gasteiger partial charge in [-0.15, -0.1) is 0 Å². The largest absolute Gasteiger partial charge is 0.273 e. The van der Waals surface area contributed by atoms with Crippen LogP contribution in [0.4, 0.5) is 0 Å². The maximum Gasteiger partial charge on any atom is 0.240 e. The van der Waals surface area contributed by atoms with Crippen LogP contribution >= 0.6 is 0 Å². The van der Waals surface area contributed by atoms with Crippen molar-refractivity contribution in [1.82, 2.24) is 5.43 Å². The Balaban J connectivity index is 1.91. The molecule has 0 fully saturated rings. The minimum Gasteiger partial charge on any atom is -0.273 e. The topological polar surface area (TPSA) is 41.5 Å². The van der Waals surface area contributed by atoms with Gasteiger partial charge in [-0.25, -0.2) is 5.43 Å². The lowest BCUT2D eigenvalue weighted by Crippen LogP contribution is -2.16. The Morgan fingerprint density at radius 3 is 2.08 bits per heavy atom.